The van der Waals surface area contributed by atoms with Crippen molar-refractivity contribution in [1.82, 2.24) is 0 Å². The van der Waals surface area contributed by atoms with Crippen molar-refractivity contribution in [3.63, 3.8) is 0 Å². The first-order chi connectivity index (χ1) is 6.68. The maximum Gasteiger partial charge on any atom is 0.487 e. The molecule has 84 valence electrons. The number of halogens is 6. The number of hydrogen-bond donors (Lipinski definition) is 0. The van der Waals surface area contributed by atoms with Crippen LogP contribution in [0.2, 0.25) is 0 Å². The fourth-order valence-electron chi connectivity index (χ4n) is 0.870. The van der Waals surface area contributed by atoms with Crippen LogP contribution in [0.25, 0.3) is 0 Å². The summed E-state index contributed by atoms with van der Waals surface area (Å²) >= 11 is 4.40. The highest BCUT2D eigenvalue weighted by Gasteiger charge is 2.32. The molecule has 0 atom stereocenters. The zero-order valence-corrected chi connectivity index (χ0v) is 7.74. The third-order valence-electron chi connectivity index (χ3n) is 1.39. The first-order valence-corrected chi connectivity index (χ1v) is 3.99. The number of hydrogen-bond acceptors (Lipinski definition) is 1. The number of alkyl halides is 6. The highest BCUT2D eigenvalue weighted by Crippen LogP contribution is 2.33. The van der Waals surface area contributed by atoms with Gasteiger partial charge in [-0.1, -0.05) is 6.07 Å². The van der Waals surface area contributed by atoms with E-state index < -0.39 is 23.1 Å². The number of ether oxygens (including phenoxy) is 1. The Bertz CT molecular complexity index is 344. The van der Waals surface area contributed by atoms with Crippen LogP contribution in [0.15, 0.2) is 24.3 Å². The molecular formula is C8H4ClF5O. The molecule has 1 aromatic carbocycles. The summed E-state index contributed by atoms with van der Waals surface area (Å²) in [5.74, 6) is -0.648. The van der Waals surface area contributed by atoms with Crippen LogP contribution in [0.3, 0.4) is 0 Å². The molecule has 0 spiro atoms. The molecule has 0 aliphatic carbocycles. The summed E-state index contributed by atoms with van der Waals surface area (Å²) in [5, 5.41) is 0. The summed E-state index contributed by atoms with van der Waals surface area (Å²) in [6.45, 7) is 0. The molecule has 0 amide bonds. The first kappa shape index (κ1) is 12.0. The Labute approximate surface area is 86.4 Å². The van der Waals surface area contributed by atoms with E-state index in [1.165, 1.54) is 0 Å². The summed E-state index contributed by atoms with van der Waals surface area (Å²) in [5.41, 5.74) is -5.11. The van der Waals surface area contributed by atoms with E-state index in [1.807, 2.05) is 0 Å². The molecule has 0 heterocycles. The van der Waals surface area contributed by atoms with Gasteiger partial charge in [-0.05, 0) is 18.2 Å². The van der Waals surface area contributed by atoms with Gasteiger partial charge in [0.2, 0.25) is 0 Å². The average Bonchev–Trinajstić information content (AvgIpc) is 1.99. The van der Waals surface area contributed by atoms with Gasteiger partial charge < -0.3 is 4.74 Å². The van der Waals surface area contributed by atoms with E-state index in [-0.39, 0.29) is 0 Å². The molecule has 0 saturated heterocycles. The third-order valence-corrected chi connectivity index (χ3v) is 1.47. The Morgan fingerprint density at radius 3 is 2.13 bits per heavy atom. The van der Waals surface area contributed by atoms with Crippen LogP contribution in [-0.4, -0.2) is 5.57 Å². The third kappa shape index (κ3) is 3.91. The standard InChI is InChI=1S/C8H4ClF5O/c9-8(13,14)15-6-3-1-2-5(4-6)7(10,11)12/h1-4H. The van der Waals surface area contributed by atoms with Crippen LogP contribution in [-0.2, 0) is 6.18 Å². The monoisotopic (exact) mass is 246 g/mol. The van der Waals surface area contributed by atoms with Crippen LogP contribution < -0.4 is 4.74 Å². The first-order valence-electron chi connectivity index (χ1n) is 3.61. The van der Waals surface area contributed by atoms with Gasteiger partial charge in [-0.25, -0.2) is 0 Å². The minimum Gasteiger partial charge on any atom is -0.420 e. The fraction of sp³-hybridized carbons (Fsp3) is 0.250. The van der Waals surface area contributed by atoms with E-state index in [0.717, 1.165) is 18.2 Å². The van der Waals surface area contributed by atoms with Crippen LogP contribution in [0.5, 0.6) is 5.75 Å². The van der Waals surface area contributed by atoms with E-state index in [9.17, 15) is 22.0 Å². The van der Waals surface area contributed by atoms with Crippen LogP contribution in [0, 0.1) is 0 Å². The molecule has 0 bridgehead atoms. The van der Waals surface area contributed by atoms with E-state index in [0.29, 0.717) is 6.07 Å². The second-order valence-electron chi connectivity index (χ2n) is 2.57. The number of rotatable bonds is 2. The summed E-state index contributed by atoms with van der Waals surface area (Å²) in [4.78, 5) is 0. The lowest BCUT2D eigenvalue weighted by Gasteiger charge is -2.12. The lowest BCUT2D eigenvalue weighted by molar-refractivity contribution is -0.138. The average molecular weight is 247 g/mol. The zero-order valence-electron chi connectivity index (χ0n) is 6.99. The van der Waals surface area contributed by atoms with Gasteiger partial charge in [0.25, 0.3) is 0 Å². The molecule has 1 aromatic rings. The van der Waals surface area contributed by atoms with Gasteiger partial charge in [0.05, 0.1) is 5.56 Å². The van der Waals surface area contributed by atoms with Gasteiger partial charge in [0.15, 0.2) is 0 Å². The predicted octanol–water partition coefficient (Wildman–Crippen LogP) is 3.87. The Morgan fingerprint density at radius 2 is 1.67 bits per heavy atom. The fourth-order valence-corrected chi connectivity index (χ4v) is 0.959. The lowest BCUT2D eigenvalue weighted by Crippen LogP contribution is -2.16. The van der Waals surface area contributed by atoms with E-state index >= 15 is 0 Å². The maximum absolute atomic E-state index is 12.1. The summed E-state index contributed by atoms with van der Waals surface area (Å²) in [7, 11) is 0. The quantitative estimate of drug-likeness (QED) is 0.568. The van der Waals surface area contributed by atoms with Crippen molar-refractivity contribution in [3.05, 3.63) is 29.8 Å². The Balaban J connectivity index is 2.94. The van der Waals surface area contributed by atoms with Crippen molar-refractivity contribution in [2.24, 2.45) is 0 Å². The van der Waals surface area contributed by atoms with Crippen molar-refractivity contribution < 1.29 is 26.7 Å². The van der Waals surface area contributed by atoms with E-state index in [4.69, 9.17) is 0 Å². The molecule has 0 aromatic heterocycles. The van der Waals surface area contributed by atoms with E-state index in [1.54, 1.807) is 0 Å². The topological polar surface area (TPSA) is 9.23 Å². The molecule has 7 heteroatoms. The minimum absolute atomic E-state index is 0.441. The Morgan fingerprint density at radius 1 is 1.07 bits per heavy atom. The second kappa shape index (κ2) is 3.84. The molecular weight excluding hydrogens is 243 g/mol. The van der Waals surface area contributed by atoms with Crippen LogP contribution in [0.1, 0.15) is 5.56 Å². The normalized spacial score (nSPS) is 12.7. The SMILES string of the molecule is FC(F)(Cl)Oc1cccc(C(F)(F)F)c1. The maximum atomic E-state index is 12.1. The van der Waals surface area contributed by atoms with Crippen molar-refractivity contribution >= 4 is 11.6 Å². The summed E-state index contributed by atoms with van der Waals surface area (Å²) in [6, 6.07) is 3.07. The van der Waals surface area contributed by atoms with Crippen molar-refractivity contribution in [3.8, 4) is 5.75 Å². The molecule has 1 rings (SSSR count). The predicted molar refractivity (Wildman–Crippen MR) is 42.9 cm³/mol. The second-order valence-corrected chi connectivity index (χ2v) is 3.01. The van der Waals surface area contributed by atoms with Crippen molar-refractivity contribution in [2.45, 2.75) is 11.7 Å². The molecule has 0 aliphatic rings. The molecule has 0 unspecified atom stereocenters. The van der Waals surface area contributed by atoms with Gasteiger partial charge >= 0.3 is 11.7 Å². The Hall–Kier alpha value is -1.04. The van der Waals surface area contributed by atoms with Crippen LogP contribution >= 0.6 is 11.6 Å². The molecule has 0 fully saturated rings. The smallest absolute Gasteiger partial charge is 0.420 e. The van der Waals surface area contributed by atoms with Crippen molar-refractivity contribution in [2.75, 3.05) is 0 Å². The molecule has 1 nitrogen and oxygen atoms in total. The van der Waals surface area contributed by atoms with Crippen LogP contribution in [0.4, 0.5) is 22.0 Å². The van der Waals surface area contributed by atoms with Gasteiger partial charge in [-0.15, -0.1) is 8.78 Å². The van der Waals surface area contributed by atoms with E-state index in [2.05, 4.69) is 16.3 Å². The van der Waals surface area contributed by atoms with Gasteiger partial charge in [-0.3, -0.25) is 0 Å². The largest absolute Gasteiger partial charge is 0.487 e. The molecule has 0 saturated carbocycles. The van der Waals surface area contributed by atoms with Gasteiger partial charge in [0, 0.05) is 11.6 Å². The molecule has 0 aliphatic heterocycles. The van der Waals surface area contributed by atoms with Gasteiger partial charge in [-0.2, -0.15) is 13.2 Å². The lowest BCUT2D eigenvalue weighted by atomic mass is 10.2. The molecule has 0 N–H and O–H groups in total. The summed E-state index contributed by atoms with van der Waals surface area (Å²) in [6.07, 6.45) is -4.61. The Kier molecular flexibility index (Phi) is 3.08. The minimum atomic E-state index is -4.61. The zero-order chi connectivity index (χ0) is 11.7. The van der Waals surface area contributed by atoms with Crippen molar-refractivity contribution in [1.29, 1.82) is 0 Å². The number of benzene rings is 1. The molecule has 15 heavy (non-hydrogen) atoms. The summed E-state index contributed by atoms with van der Waals surface area (Å²) < 4.78 is 64.3. The molecule has 0 radical (unpaired) electrons. The van der Waals surface area contributed by atoms with Gasteiger partial charge in [0.1, 0.15) is 5.75 Å². The highest BCUT2D eigenvalue weighted by molar-refractivity contribution is 6.20. The highest BCUT2D eigenvalue weighted by atomic mass is 35.5.